The van der Waals surface area contributed by atoms with E-state index in [0.29, 0.717) is 34.3 Å². The van der Waals surface area contributed by atoms with Crippen molar-refractivity contribution in [2.24, 2.45) is 0 Å². The van der Waals surface area contributed by atoms with Crippen molar-refractivity contribution in [1.29, 1.82) is 0 Å². The Kier molecular flexibility index (Phi) is 6.51. The van der Waals surface area contributed by atoms with Gasteiger partial charge in [0.15, 0.2) is 5.69 Å². The third kappa shape index (κ3) is 4.93. The lowest BCUT2D eigenvalue weighted by Gasteiger charge is -2.09. The summed E-state index contributed by atoms with van der Waals surface area (Å²) >= 11 is 6.16. The molecule has 1 amide bonds. The van der Waals surface area contributed by atoms with Crippen LogP contribution in [0.15, 0.2) is 53.1 Å². The second-order valence-corrected chi connectivity index (χ2v) is 8.34. The summed E-state index contributed by atoms with van der Waals surface area (Å²) in [5.74, 6) is 0.650. The first-order valence-corrected chi connectivity index (χ1v) is 10.9. The molecule has 7 nitrogen and oxygen atoms in total. The van der Waals surface area contributed by atoms with Crippen molar-refractivity contribution in [3.63, 3.8) is 0 Å². The molecule has 0 fully saturated rings. The topological polar surface area (TPSA) is 82.2 Å². The van der Waals surface area contributed by atoms with Crippen LogP contribution in [-0.2, 0) is 13.2 Å². The zero-order valence-corrected chi connectivity index (χ0v) is 19.7. The molecule has 1 N–H and O–H groups in total. The molecule has 2 aromatic carbocycles. The molecule has 0 aliphatic rings. The monoisotopic (exact) mass is 464 g/mol. The fourth-order valence-electron chi connectivity index (χ4n) is 3.64. The number of benzene rings is 2. The quantitative estimate of drug-likeness (QED) is 0.383. The van der Waals surface area contributed by atoms with Crippen molar-refractivity contribution in [2.75, 3.05) is 5.32 Å². The van der Waals surface area contributed by atoms with Crippen LogP contribution < -0.4 is 10.1 Å². The Hall–Kier alpha value is -3.58. The number of ether oxygens (including phenoxy) is 1. The predicted molar refractivity (Wildman–Crippen MR) is 127 cm³/mol. The van der Waals surface area contributed by atoms with Crippen molar-refractivity contribution in [3.8, 4) is 5.75 Å². The van der Waals surface area contributed by atoms with Gasteiger partial charge in [-0.3, -0.25) is 9.48 Å². The van der Waals surface area contributed by atoms with Gasteiger partial charge in [-0.05, 0) is 45.4 Å². The van der Waals surface area contributed by atoms with E-state index in [4.69, 9.17) is 20.9 Å². The first-order valence-electron chi connectivity index (χ1n) is 10.6. The fourth-order valence-corrected chi connectivity index (χ4v) is 3.83. The molecule has 0 spiro atoms. The number of hydrogen-bond donors (Lipinski definition) is 1. The number of rotatable bonds is 7. The zero-order chi connectivity index (χ0) is 23.5. The molecule has 0 unspecified atom stereocenters. The normalized spacial score (nSPS) is 10.9. The molecule has 0 radical (unpaired) electrons. The van der Waals surface area contributed by atoms with Crippen LogP contribution in [0.3, 0.4) is 0 Å². The minimum Gasteiger partial charge on any atom is -0.487 e. The largest absolute Gasteiger partial charge is 0.487 e. The van der Waals surface area contributed by atoms with Crippen LogP contribution in [0.2, 0.25) is 5.02 Å². The molecule has 33 heavy (non-hydrogen) atoms. The Morgan fingerprint density at radius 2 is 1.91 bits per heavy atom. The lowest BCUT2D eigenvalue weighted by atomic mass is 10.1. The van der Waals surface area contributed by atoms with Gasteiger partial charge in [-0.25, -0.2) is 0 Å². The number of hydrogen-bond acceptors (Lipinski definition) is 5. The Labute approximate surface area is 197 Å². The van der Waals surface area contributed by atoms with E-state index in [0.717, 1.165) is 17.0 Å². The van der Waals surface area contributed by atoms with Crippen molar-refractivity contribution >= 4 is 23.2 Å². The molecule has 0 saturated heterocycles. The average Bonchev–Trinajstić information content (AvgIpc) is 3.27. The SMILES string of the molecule is Cc1cccc(Cn2nc(C)c(NC(=O)c3noc(C)c3COc3ccccc3Cl)c2C)c1. The summed E-state index contributed by atoms with van der Waals surface area (Å²) in [6, 6.07) is 15.4. The molecule has 0 atom stereocenters. The number of anilines is 1. The van der Waals surface area contributed by atoms with Gasteiger partial charge in [-0.1, -0.05) is 58.7 Å². The van der Waals surface area contributed by atoms with Gasteiger partial charge in [0, 0.05) is 0 Å². The number of nitrogens with one attached hydrogen (secondary N) is 1. The van der Waals surface area contributed by atoms with Gasteiger partial charge >= 0.3 is 0 Å². The molecule has 0 aliphatic carbocycles. The Bertz CT molecular complexity index is 1310. The van der Waals surface area contributed by atoms with Crippen LogP contribution in [0.25, 0.3) is 0 Å². The number of amides is 1. The zero-order valence-electron chi connectivity index (χ0n) is 19.0. The van der Waals surface area contributed by atoms with E-state index in [9.17, 15) is 4.79 Å². The van der Waals surface area contributed by atoms with Gasteiger partial charge in [-0.15, -0.1) is 0 Å². The third-order valence-electron chi connectivity index (χ3n) is 5.44. The number of para-hydroxylation sites is 1. The summed E-state index contributed by atoms with van der Waals surface area (Å²) in [5.41, 5.74) is 5.31. The molecule has 0 bridgehead atoms. The van der Waals surface area contributed by atoms with Crippen LogP contribution >= 0.6 is 11.6 Å². The van der Waals surface area contributed by atoms with E-state index in [2.05, 4.69) is 40.7 Å². The van der Waals surface area contributed by atoms with Gasteiger partial charge in [0.2, 0.25) is 0 Å². The number of carbonyl (C=O) groups is 1. The molecule has 4 aromatic rings. The van der Waals surface area contributed by atoms with E-state index in [1.807, 2.05) is 36.7 Å². The predicted octanol–water partition coefficient (Wildman–Crippen LogP) is 5.64. The summed E-state index contributed by atoms with van der Waals surface area (Å²) in [5, 5.41) is 12.0. The third-order valence-corrected chi connectivity index (χ3v) is 5.76. The van der Waals surface area contributed by atoms with E-state index in [-0.39, 0.29) is 18.2 Å². The second kappa shape index (κ2) is 9.50. The van der Waals surface area contributed by atoms with Crippen LogP contribution in [0, 0.1) is 27.7 Å². The molecule has 170 valence electrons. The molecular formula is C25H25ClN4O3. The Morgan fingerprint density at radius 3 is 2.67 bits per heavy atom. The first kappa shape index (κ1) is 22.6. The summed E-state index contributed by atoms with van der Waals surface area (Å²) in [6.45, 7) is 8.32. The van der Waals surface area contributed by atoms with Gasteiger partial charge in [0.25, 0.3) is 5.91 Å². The number of carbonyl (C=O) groups excluding carboxylic acids is 1. The van der Waals surface area contributed by atoms with Gasteiger partial charge in [0.1, 0.15) is 18.1 Å². The Morgan fingerprint density at radius 1 is 1.12 bits per heavy atom. The van der Waals surface area contributed by atoms with Crippen LogP contribution in [0.1, 0.15) is 44.3 Å². The Balaban J connectivity index is 1.52. The highest BCUT2D eigenvalue weighted by molar-refractivity contribution is 6.32. The van der Waals surface area contributed by atoms with Crippen molar-refractivity contribution in [3.05, 3.63) is 93.1 Å². The highest BCUT2D eigenvalue weighted by Gasteiger charge is 2.23. The summed E-state index contributed by atoms with van der Waals surface area (Å²) in [4.78, 5) is 13.1. The maximum atomic E-state index is 13.1. The lowest BCUT2D eigenvalue weighted by Crippen LogP contribution is -2.16. The molecule has 0 aliphatic heterocycles. The average molecular weight is 465 g/mol. The smallest absolute Gasteiger partial charge is 0.278 e. The molecular weight excluding hydrogens is 440 g/mol. The van der Waals surface area contributed by atoms with E-state index in [1.54, 1.807) is 19.1 Å². The molecule has 8 heteroatoms. The maximum Gasteiger partial charge on any atom is 0.278 e. The van der Waals surface area contributed by atoms with E-state index >= 15 is 0 Å². The first-order chi connectivity index (χ1) is 15.8. The van der Waals surface area contributed by atoms with Crippen molar-refractivity contribution in [2.45, 2.75) is 40.8 Å². The summed E-state index contributed by atoms with van der Waals surface area (Å²) in [6.07, 6.45) is 0. The van der Waals surface area contributed by atoms with E-state index < -0.39 is 0 Å². The second-order valence-electron chi connectivity index (χ2n) is 7.93. The van der Waals surface area contributed by atoms with Crippen molar-refractivity contribution < 1.29 is 14.1 Å². The summed E-state index contributed by atoms with van der Waals surface area (Å²) in [7, 11) is 0. The van der Waals surface area contributed by atoms with Gasteiger partial charge in [0.05, 0.1) is 34.2 Å². The number of aromatic nitrogens is 3. The molecule has 0 saturated carbocycles. The summed E-state index contributed by atoms with van der Waals surface area (Å²) < 4.78 is 13.0. The minimum absolute atomic E-state index is 0.104. The molecule has 4 rings (SSSR count). The van der Waals surface area contributed by atoms with Crippen molar-refractivity contribution in [1.82, 2.24) is 14.9 Å². The lowest BCUT2D eigenvalue weighted by molar-refractivity contribution is 0.101. The number of nitrogens with zero attached hydrogens (tertiary/aromatic N) is 3. The van der Waals surface area contributed by atoms with Gasteiger partial charge in [-0.2, -0.15) is 5.10 Å². The minimum atomic E-state index is -0.383. The molecule has 2 heterocycles. The van der Waals surface area contributed by atoms with Crippen LogP contribution in [0.4, 0.5) is 5.69 Å². The molecule has 2 aromatic heterocycles. The van der Waals surface area contributed by atoms with Gasteiger partial charge < -0.3 is 14.6 Å². The highest BCUT2D eigenvalue weighted by Crippen LogP contribution is 2.26. The van der Waals surface area contributed by atoms with Crippen LogP contribution in [-0.4, -0.2) is 20.8 Å². The number of halogens is 1. The maximum absolute atomic E-state index is 13.1. The fraction of sp³-hybridized carbons (Fsp3) is 0.240. The van der Waals surface area contributed by atoms with E-state index in [1.165, 1.54) is 5.56 Å². The highest BCUT2D eigenvalue weighted by atomic mass is 35.5. The standard InChI is InChI=1S/C25H25ClN4O3/c1-15-8-7-9-19(12-15)13-30-17(3)23(16(2)28-30)27-25(31)24-20(18(4)33-29-24)14-32-22-11-6-5-10-21(22)26/h5-12H,13-14H2,1-4H3,(H,27,31). The number of aryl methyl sites for hydroxylation is 3. The van der Waals surface area contributed by atoms with Crippen LogP contribution in [0.5, 0.6) is 5.75 Å².